The zero-order valence-corrected chi connectivity index (χ0v) is 10.1. The summed E-state index contributed by atoms with van der Waals surface area (Å²) in [5.74, 6) is -1.83. The molecule has 7 heteroatoms. The van der Waals surface area contributed by atoms with Crippen LogP contribution in [-0.2, 0) is 0 Å². The lowest BCUT2D eigenvalue weighted by atomic mass is 10.1. The van der Waals surface area contributed by atoms with Gasteiger partial charge in [0.25, 0.3) is 5.91 Å². The van der Waals surface area contributed by atoms with Gasteiger partial charge in [-0.1, -0.05) is 12.1 Å². The Labute approximate surface area is 113 Å². The third kappa shape index (κ3) is 2.76. The average Bonchev–Trinajstić information content (AvgIpc) is 2.48. The van der Waals surface area contributed by atoms with E-state index in [0.29, 0.717) is 0 Å². The lowest BCUT2D eigenvalue weighted by molar-refractivity contribution is 0.0692. The number of nitriles is 1. The molecular formula is C13H8N4O3. The fourth-order valence-corrected chi connectivity index (χ4v) is 1.49. The summed E-state index contributed by atoms with van der Waals surface area (Å²) in [6, 6.07) is 7.65. The molecule has 0 bridgehead atoms. The fraction of sp³-hybridized carbons (Fsp3) is 0. The zero-order chi connectivity index (χ0) is 14.5. The third-order valence-corrected chi connectivity index (χ3v) is 2.41. The van der Waals surface area contributed by atoms with Crippen LogP contribution >= 0.6 is 0 Å². The Morgan fingerprint density at radius 2 is 1.75 bits per heavy atom. The molecule has 0 aliphatic carbocycles. The standard InChI is InChI=1S/C13H8N4O3/c14-5-8-6-15-13(16-7-8)17-11(18)9-3-1-2-4-10(9)12(19)20/h1-4,6-7H,(H,19,20)(H,15,16,17,18). The monoisotopic (exact) mass is 268 g/mol. The number of rotatable bonds is 3. The van der Waals surface area contributed by atoms with Gasteiger partial charge in [0, 0.05) is 0 Å². The second kappa shape index (κ2) is 5.58. The van der Waals surface area contributed by atoms with Crippen molar-refractivity contribution in [3.05, 3.63) is 53.3 Å². The first-order chi connectivity index (χ1) is 9.61. The van der Waals surface area contributed by atoms with Crippen LogP contribution in [0.2, 0.25) is 0 Å². The van der Waals surface area contributed by atoms with Crippen molar-refractivity contribution in [3.8, 4) is 6.07 Å². The molecule has 1 amide bonds. The highest BCUT2D eigenvalue weighted by Crippen LogP contribution is 2.10. The maximum atomic E-state index is 12.0. The molecule has 0 atom stereocenters. The third-order valence-electron chi connectivity index (χ3n) is 2.41. The van der Waals surface area contributed by atoms with Crippen molar-refractivity contribution < 1.29 is 14.7 Å². The molecule has 1 heterocycles. The van der Waals surface area contributed by atoms with E-state index in [9.17, 15) is 9.59 Å². The van der Waals surface area contributed by atoms with Gasteiger partial charge in [-0.3, -0.25) is 10.1 Å². The predicted octanol–water partition coefficient (Wildman–Crippen LogP) is 1.30. The van der Waals surface area contributed by atoms with Gasteiger partial charge in [0.05, 0.1) is 29.1 Å². The van der Waals surface area contributed by atoms with Crippen LogP contribution in [0, 0.1) is 11.3 Å². The van der Waals surface area contributed by atoms with Crippen LogP contribution in [0.1, 0.15) is 26.3 Å². The molecule has 98 valence electrons. The van der Waals surface area contributed by atoms with Crippen molar-refractivity contribution in [3.63, 3.8) is 0 Å². The number of benzene rings is 1. The number of anilines is 1. The number of aromatic carboxylic acids is 1. The molecule has 0 saturated carbocycles. The Kier molecular flexibility index (Phi) is 3.67. The van der Waals surface area contributed by atoms with Gasteiger partial charge < -0.3 is 5.11 Å². The zero-order valence-electron chi connectivity index (χ0n) is 10.1. The van der Waals surface area contributed by atoms with Crippen LogP contribution in [0.25, 0.3) is 0 Å². The summed E-state index contributed by atoms with van der Waals surface area (Å²) in [5.41, 5.74) is 0.153. The molecule has 0 saturated heterocycles. The largest absolute Gasteiger partial charge is 0.478 e. The molecular weight excluding hydrogens is 260 g/mol. The first-order valence-corrected chi connectivity index (χ1v) is 5.47. The average molecular weight is 268 g/mol. The number of carboxylic acids is 1. The summed E-state index contributed by atoms with van der Waals surface area (Å²) in [4.78, 5) is 30.5. The SMILES string of the molecule is N#Cc1cnc(NC(=O)c2ccccc2C(=O)O)nc1. The lowest BCUT2D eigenvalue weighted by Gasteiger charge is -2.06. The van der Waals surface area contributed by atoms with Gasteiger partial charge in [-0.25, -0.2) is 14.8 Å². The molecule has 0 unspecified atom stereocenters. The molecule has 2 aromatic rings. The Bertz CT molecular complexity index is 704. The lowest BCUT2D eigenvalue weighted by Crippen LogP contribution is -2.17. The summed E-state index contributed by atoms with van der Waals surface area (Å²) < 4.78 is 0. The van der Waals surface area contributed by atoms with Crippen LogP contribution in [-0.4, -0.2) is 27.0 Å². The van der Waals surface area contributed by atoms with Gasteiger partial charge in [0.1, 0.15) is 6.07 Å². The molecule has 1 aromatic heterocycles. The van der Waals surface area contributed by atoms with Crippen LogP contribution in [0.5, 0.6) is 0 Å². The molecule has 2 N–H and O–H groups in total. The van der Waals surface area contributed by atoms with Crippen molar-refractivity contribution in [2.24, 2.45) is 0 Å². The summed E-state index contributed by atoms with van der Waals surface area (Å²) >= 11 is 0. The van der Waals surface area contributed by atoms with E-state index in [1.54, 1.807) is 6.07 Å². The highest BCUT2D eigenvalue weighted by molar-refractivity contribution is 6.10. The van der Waals surface area contributed by atoms with E-state index in [2.05, 4.69) is 15.3 Å². The number of hydrogen-bond donors (Lipinski definition) is 2. The van der Waals surface area contributed by atoms with Crippen LogP contribution in [0.3, 0.4) is 0 Å². The smallest absolute Gasteiger partial charge is 0.336 e. The van der Waals surface area contributed by atoms with Crippen molar-refractivity contribution >= 4 is 17.8 Å². The Morgan fingerprint density at radius 1 is 1.15 bits per heavy atom. The predicted molar refractivity (Wildman–Crippen MR) is 68.1 cm³/mol. The van der Waals surface area contributed by atoms with E-state index >= 15 is 0 Å². The maximum absolute atomic E-state index is 12.0. The Balaban J connectivity index is 2.24. The number of amides is 1. The van der Waals surface area contributed by atoms with Crippen molar-refractivity contribution in [2.45, 2.75) is 0 Å². The molecule has 2 rings (SSSR count). The van der Waals surface area contributed by atoms with E-state index in [1.165, 1.54) is 30.6 Å². The number of carbonyl (C=O) groups excluding carboxylic acids is 1. The van der Waals surface area contributed by atoms with Crippen molar-refractivity contribution in [2.75, 3.05) is 5.32 Å². The van der Waals surface area contributed by atoms with Crippen LogP contribution in [0.4, 0.5) is 5.95 Å². The van der Waals surface area contributed by atoms with Crippen molar-refractivity contribution in [1.29, 1.82) is 5.26 Å². The second-order valence-electron chi connectivity index (χ2n) is 3.71. The summed E-state index contributed by atoms with van der Waals surface area (Å²) in [5, 5.41) is 20.0. The number of aromatic nitrogens is 2. The van der Waals surface area contributed by atoms with Gasteiger partial charge in [-0.05, 0) is 12.1 Å². The molecule has 1 aromatic carbocycles. The Hall–Kier alpha value is -3.27. The topological polar surface area (TPSA) is 116 Å². The molecule has 0 fully saturated rings. The van der Waals surface area contributed by atoms with Crippen LogP contribution < -0.4 is 5.32 Å². The van der Waals surface area contributed by atoms with Crippen LogP contribution in [0.15, 0.2) is 36.7 Å². The van der Waals surface area contributed by atoms with Gasteiger partial charge in [-0.15, -0.1) is 0 Å². The Morgan fingerprint density at radius 3 is 2.30 bits per heavy atom. The number of carboxylic acid groups (broad SMARTS) is 1. The molecule has 0 spiro atoms. The second-order valence-corrected chi connectivity index (χ2v) is 3.71. The molecule has 7 nitrogen and oxygen atoms in total. The molecule has 0 aliphatic heterocycles. The van der Waals surface area contributed by atoms with Gasteiger partial charge in [-0.2, -0.15) is 5.26 Å². The summed E-state index contributed by atoms with van der Waals surface area (Å²) in [6.45, 7) is 0. The van der Waals surface area contributed by atoms with E-state index in [1.807, 2.05) is 6.07 Å². The first-order valence-electron chi connectivity index (χ1n) is 5.47. The fourth-order valence-electron chi connectivity index (χ4n) is 1.49. The molecule has 20 heavy (non-hydrogen) atoms. The number of carbonyl (C=O) groups is 2. The van der Waals surface area contributed by atoms with E-state index in [-0.39, 0.29) is 22.6 Å². The summed E-state index contributed by atoms with van der Waals surface area (Å²) in [6.07, 6.45) is 2.51. The molecule has 0 radical (unpaired) electrons. The highest BCUT2D eigenvalue weighted by Gasteiger charge is 2.16. The number of nitrogens with one attached hydrogen (secondary N) is 1. The minimum Gasteiger partial charge on any atom is -0.478 e. The van der Waals surface area contributed by atoms with E-state index in [0.717, 1.165) is 0 Å². The minimum atomic E-state index is -1.20. The van der Waals surface area contributed by atoms with Crippen molar-refractivity contribution in [1.82, 2.24) is 9.97 Å². The first kappa shape index (κ1) is 13.2. The number of nitrogens with zero attached hydrogens (tertiary/aromatic N) is 3. The van der Waals surface area contributed by atoms with Gasteiger partial charge in [0.2, 0.25) is 5.95 Å². The van der Waals surface area contributed by atoms with E-state index in [4.69, 9.17) is 10.4 Å². The summed E-state index contributed by atoms with van der Waals surface area (Å²) in [7, 11) is 0. The van der Waals surface area contributed by atoms with Gasteiger partial charge in [0.15, 0.2) is 0 Å². The quantitative estimate of drug-likeness (QED) is 0.866. The number of hydrogen-bond acceptors (Lipinski definition) is 5. The minimum absolute atomic E-state index is 0.00538. The molecule has 0 aliphatic rings. The van der Waals surface area contributed by atoms with E-state index < -0.39 is 11.9 Å². The normalized spacial score (nSPS) is 9.55. The van der Waals surface area contributed by atoms with Gasteiger partial charge >= 0.3 is 5.97 Å². The highest BCUT2D eigenvalue weighted by atomic mass is 16.4. The maximum Gasteiger partial charge on any atom is 0.336 e.